The van der Waals surface area contributed by atoms with E-state index in [1.807, 2.05) is 0 Å². The number of anilines is 1. The van der Waals surface area contributed by atoms with Gasteiger partial charge in [0.05, 0.1) is 24.6 Å². The second-order valence-electron chi connectivity index (χ2n) is 8.05. The van der Waals surface area contributed by atoms with Crippen LogP contribution in [0.1, 0.15) is 34.8 Å². The number of carbonyl (C=O) groups excluding carboxylic acids is 3. The third-order valence-electron chi connectivity index (χ3n) is 5.65. The highest BCUT2D eigenvalue weighted by atomic mass is 16.3. The first-order valence-electron chi connectivity index (χ1n) is 10.6. The van der Waals surface area contributed by atoms with Crippen LogP contribution in [0.5, 0.6) is 5.75 Å². The van der Waals surface area contributed by atoms with Crippen molar-refractivity contribution in [3.8, 4) is 17.1 Å². The lowest BCUT2D eigenvalue weighted by Crippen LogP contribution is -2.42. The molecule has 33 heavy (non-hydrogen) atoms. The summed E-state index contributed by atoms with van der Waals surface area (Å²) in [6.07, 6.45) is 4.66. The summed E-state index contributed by atoms with van der Waals surface area (Å²) in [7, 11) is 0. The van der Waals surface area contributed by atoms with Gasteiger partial charge in [0.2, 0.25) is 11.8 Å². The van der Waals surface area contributed by atoms with Crippen LogP contribution < -0.4 is 10.6 Å². The molecular weight excluding hydrogens is 422 g/mol. The average molecular weight is 443 g/mol. The first-order chi connectivity index (χ1) is 16.0. The fourth-order valence-corrected chi connectivity index (χ4v) is 3.99. The normalized spacial score (nSPS) is 16.9. The standard InChI is InChI=1S/C24H21N5O4/c30-17-5-3-4-14(10-17)22-25-11-15(12-26-22)28-20(31)13-27-23(32)21-18-6-1-2-7-19(18)24(33)29(21)16-8-9-16/h1-7,10-12,16,21,30H,8-9,13H2,(H,27,32)(H,28,31). The molecule has 1 aromatic heterocycles. The lowest BCUT2D eigenvalue weighted by atomic mass is 10.0. The van der Waals surface area contributed by atoms with Crippen LogP contribution in [0.3, 0.4) is 0 Å². The molecule has 1 aliphatic carbocycles. The van der Waals surface area contributed by atoms with E-state index in [1.165, 1.54) is 12.4 Å². The fraction of sp³-hybridized carbons (Fsp3) is 0.208. The minimum atomic E-state index is -0.723. The van der Waals surface area contributed by atoms with E-state index in [9.17, 15) is 19.5 Å². The Morgan fingerprint density at radius 3 is 2.55 bits per heavy atom. The van der Waals surface area contributed by atoms with Crippen molar-refractivity contribution in [1.82, 2.24) is 20.2 Å². The van der Waals surface area contributed by atoms with Crippen molar-refractivity contribution in [2.24, 2.45) is 0 Å². The molecule has 2 aromatic carbocycles. The van der Waals surface area contributed by atoms with Gasteiger partial charge in [-0.1, -0.05) is 30.3 Å². The number of phenols is 1. The van der Waals surface area contributed by atoms with Gasteiger partial charge >= 0.3 is 0 Å². The second-order valence-corrected chi connectivity index (χ2v) is 8.05. The molecule has 1 unspecified atom stereocenters. The molecule has 3 N–H and O–H groups in total. The molecular formula is C24H21N5O4. The van der Waals surface area contributed by atoms with E-state index in [0.29, 0.717) is 28.2 Å². The molecule has 2 aliphatic rings. The largest absolute Gasteiger partial charge is 0.508 e. The van der Waals surface area contributed by atoms with Crippen LogP contribution in [-0.4, -0.2) is 50.3 Å². The molecule has 0 bridgehead atoms. The van der Waals surface area contributed by atoms with Crippen molar-refractivity contribution >= 4 is 23.4 Å². The van der Waals surface area contributed by atoms with Crippen LogP contribution in [0, 0.1) is 0 Å². The van der Waals surface area contributed by atoms with Crippen LogP contribution in [0.4, 0.5) is 5.69 Å². The van der Waals surface area contributed by atoms with Gasteiger partial charge < -0.3 is 20.6 Å². The van der Waals surface area contributed by atoms with E-state index in [2.05, 4.69) is 20.6 Å². The predicted octanol–water partition coefficient (Wildman–Crippen LogP) is 2.26. The first-order valence-corrected chi connectivity index (χ1v) is 10.6. The summed E-state index contributed by atoms with van der Waals surface area (Å²) in [4.78, 5) is 48.1. The lowest BCUT2D eigenvalue weighted by Gasteiger charge is -2.24. The van der Waals surface area contributed by atoms with E-state index in [-0.39, 0.29) is 30.2 Å². The molecule has 9 nitrogen and oxygen atoms in total. The molecule has 3 aromatic rings. The van der Waals surface area contributed by atoms with E-state index >= 15 is 0 Å². The van der Waals surface area contributed by atoms with Crippen LogP contribution >= 0.6 is 0 Å². The number of nitrogens with one attached hydrogen (secondary N) is 2. The Bertz CT molecular complexity index is 1240. The first kappa shape index (κ1) is 20.6. The number of hydrogen-bond acceptors (Lipinski definition) is 6. The van der Waals surface area contributed by atoms with Crippen molar-refractivity contribution in [2.45, 2.75) is 24.9 Å². The molecule has 2 heterocycles. The van der Waals surface area contributed by atoms with Crippen molar-refractivity contribution in [1.29, 1.82) is 0 Å². The molecule has 0 saturated heterocycles. The van der Waals surface area contributed by atoms with Crippen LogP contribution in [0.15, 0.2) is 60.9 Å². The third kappa shape index (κ3) is 4.12. The van der Waals surface area contributed by atoms with Gasteiger partial charge in [-0.15, -0.1) is 0 Å². The summed E-state index contributed by atoms with van der Waals surface area (Å²) in [5, 5.41) is 14.9. The second kappa shape index (κ2) is 8.34. The summed E-state index contributed by atoms with van der Waals surface area (Å²) < 4.78 is 0. The number of benzene rings is 2. The zero-order valence-electron chi connectivity index (χ0n) is 17.6. The summed E-state index contributed by atoms with van der Waals surface area (Å²) in [6.45, 7) is -0.251. The number of carbonyl (C=O) groups is 3. The van der Waals surface area contributed by atoms with Gasteiger partial charge in [-0.2, -0.15) is 0 Å². The van der Waals surface area contributed by atoms with Gasteiger partial charge in [-0.3, -0.25) is 14.4 Å². The molecule has 1 fully saturated rings. The van der Waals surface area contributed by atoms with Crippen molar-refractivity contribution in [3.05, 3.63) is 72.1 Å². The Morgan fingerprint density at radius 2 is 1.82 bits per heavy atom. The highest BCUT2D eigenvalue weighted by Crippen LogP contribution is 2.41. The minimum absolute atomic E-state index is 0.0664. The smallest absolute Gasteiger partial charge is 0.255 e. The molecule has 0 spiro atoms. The van der Waals surface area contributed by atoms with E-state index in [0.717, 1.165) is 12.8 Å². The zero-order valence-corrected chi connectivity index (χ0v) is 17.6. The predicted molar refractivity (Wildman–Crippen MR) is 119 cm³/mol. The maximum absolute atomic E-state index is 13.0. The highest BCUT2D eigenvalue weighted by molar-refractivity contribution is 6.05. The number of phenolic OH excluding ortho intramolecular Hbond substituents is 1. The summed E-state index contributed by atoms with van der Waals surface area (Å²) in [5.74, 6) is -0.446. The van der Waals surface area contributed by atoms with E-state index in [4.69, 9.17) is 0 Å². The number of amides is 3. The van der Waals surface area contributed by atoms with Gasteiger partial charge in [0.15, 0.2) is 5.82 Å². The highest BCUT2D eigenvalue weighted by Gasteiger charge is 2.47. The molecule has 1 saturated carbocycles. The minimum Gasteiger partial charge on any atom is -0.508 e. The van der Waals surface area contributed by atoms with Crippen molar-refractivity contribution < 1.29 is 19.5 Å². The van der Waals surface area contributed by atoms with Crippen LogP contribution in [-0.2, 0) is 9.59 Å². The average Bonchev–Trinajstić information content (AvgIpc) is 3.62. The summed E-state index contributed by atoms with van der Waals surface area (Å²) in [5.41, 5.74) is 2.23. The topological polar surface area (TPSA) is 125 Å². The molecule has 1 atom stereocenters. The Hall–Kier alpha value is -4.27. The summed E-state index contributed by atoms with van der Waals surface area (Å²) >= 11 is 0. The molecule has 1 aliphatic heterocycles. The van der Waals surface area contributed by atoms with E-state index < -0.39 is 11.9 Å². The maximum atomic E-state index is 13.0. The number of rotatable bonds is 6. The van der Waals surface area contributed by atoms with Crippen LogP contribution in [0.2, 0.25) is 0 Å². The molecule has 3 amide bonds. The maximum Gasteiger partial charge on any atom is 0.255 e. The molecule has 9 heteroatoms. The molecule has 5 rings (SSSR count). The monoisotopic (exact) mass is 443 g/mol. The van der Waals surface area contributed by atoms with Gasteiger partial charge in [0, 0.05) is 17.2 Å². The number of nitrogens with zero attached hydrogens (tertiary/aromatic N) is 3. The number of aromatic hydroxyl groups is 1. The van der Waals surface area contributed by atoms with Crippen LogP contribution in [0.25, 0.3) is 11.4 Å². The number of fused-ring (bicyclic) bond motifs is 1. The van der Waals surface area contributed by atoms with Gasteiger partial charge in [-0.25, -0.2) is 9.97 Å². The molecule has 166 valence electrons. The quantitative estimate of drug-likeness (QED) is 0.537. The molecule has 0 radical (unpaired) electrons. The van der Waals surface area contributed by atoms with Crippen molar-refractivity contribution in [2.75, 3.05) is 11.9 Å². The van der Waals surface area contributed by atoms with E-state index in [1.54, 1.807) is 53.4 Å². The lowest BCUT2D eigenvalue weighted by molar-refractivity contribution is -0.127. The van der Waals surface area contributed by atoms with Gasteiger partial charge in [0.25, 0.3) is 5.91 Å². The fourth-order valence-electron chi connectivity index (χ4n) is 3.99. The Labute approximate surface area is 189 Å². The Balaban J connectivity index is 1.21. The number of hydrogen-bond donors (Lipinski definition) is 3. The zero-order chi connectivity index (χ0) is 22.9. The SMILES string of the molecule is O=C(CNC(=O)C1c2ccccc2C(=O)N1C1CC1)Nc1cnc(-c2cccc(O)c2)nc1. The summed E-state index contributed by atoms with van der Waals surface area (Å²) in [6, 6.07) is 13.0. The Morgan fingerprint density at radius 1 is 1.06 bits per heavy atom. The Kier molecular flexibility index (Phi) is 5.21. The third-order valence-corrected chi connectivity index (χ3v) is 5.65. The van der Waals surface area contributed by atoms with Gasteiger partial charge in [-0.05, 0) is 36.6 Å². The van der Waals surface area contributed by atoms with Gasteiger partial charge in [0.1, 0.15) is 11.8 Å². The van der Waals surface area contributed by atoms with Crippen molar-refractivity contribution in [3.63, 3.8) is 0 Å². The number of aromatic nitrogens is 2.